The minimum absolute atomic E-state index is 0. The number of anilines is 1. The standard InChI is InChI=1S/C11H12N2O3.ClH/c1-16-9-6-5-8(7-12-9)13-10(14)3-2-4-11(13)15;/h5-7H,2-4H2,1H3;1H. The number of amides is 2. The SMILES string of the molecule is COc1ccc(N2C(=O)CCCC2=O)cn1.Cl. The molecule has 17 heavy (non-hydrogen) atoms. The number of nitrogens with zero attached hydrogens (tertiary/aromatic N) is 2. The summed E-state index contributed by atoms with van der Waals surface area (Å²) in [7, 11) is 1.51. The maximum absolute atomic E-state index is 11.6. The van der Waals surface area contributed by atoms with Gasteiger partial charge < -0.3 is 4.74 Å². The number of methoxy groups -OCH3 is 1. The fourth-order valence-corrected chi connectivity index (χ4v) is 1.67. The predicted octanol–water partition coefficient (Wildman–Crippen LogP) is 1.56. The van der Waals surface area contributed by atoms with E-state index < -0.39 is 0 Å². The van der Waals surface area contributed by atoms with Gasteiger partial charge in [0.2, 0.25) is 17.7 Å². The number of pyridine rings is 1. The Labute approximate surface area is 105 Å². The highest BCUT2D eigenvalue weighted by atomic mass is 35.5. The minimum Gasteiger partial charge on any atom is -0.481 e. The van der Waals surface area contributed by atoms with Gasteiger partial charge in [-0.2, -0.15) is 0 Å². The summed E-state index contributed by atoms with van der Waals surface area (Å²) in [5.74, 6) is 0.132. The summed E-state index contributed by atoms with van der Waals surface area (Å²) in [5, 5.41) is 0. The Balaban J connectivity index is 0.00000144. The second kappa shape index (κ2) is 5.63. The first-order valence-corrected chi connectivity index (χ1v) is 5.08. The number of halogens is 1. The minimum atomic E-state index is -0.164. The molecule has 1 fully saturated rings. The molecule has 6 heteroatoms. The zero-order valence-corrected chi connectivity index (χ0v) is 10.2. The Hall–Kier alpha value is -1.62. The molecule has 5 nitrogen and oxygen atoms in total. The van der Waals surface area contributed by atoms with E-state index in [0.717, 1.165) is 0 Å². The van der Waals surface area contributed by atoms with Gasteiger partial charge in [0.15, 0.2) is 0 Å². The van der Waals surface area contributed by atoms with Gasteiger partial charge in [0.05, 0.1) is 19.0 Å². The van der Waals surface area contributed by atoms with Crippen molar-refractivity contribution >= 4 is 29.9 Å². The van der Waals surface area contributed by atoms with Gasteiger partial charge in [-0.3, -0.25) is 9.59 Å². The van der Waals surface area contributed by atoms with Gasteiger partial charge in [-0.25, -0.2) is 9.88 Å². The van der Waals surface area contributed by atoms with E-state index in [1.807, 2.05) is 0 Å². The van der Waals surface area contributed by atoms with E-state index in [4.69, 9.17) is 4.74 Å². The van der Waals surface area contributed by atoms with E-state index in [1.54, 1.807) is 12.1 Å². The molecule has 0 atom stereocenters. The van der Waals surface area contributed by atoms with Gasteiger partial charge >= 0.3 is 0 Å². The van der Waals surface area contributed by atoms with Crippen molar-refractivity contribution in [2.75, 3.05) is 12.0 Å². The molecule has 1 aliphatic heterocycles. The lowest BCUT2D eigenvalue weighted by Gasteiger charge is -2.24. The molecule has 0 aliphatic carbocycles. The van der Waals surface area contributed by atoms with Crippen LogP contribution in [-0.4, -0.2) is 23.9 Å². The number of hydrogen-bond acceptors (Lipinski definition) is 4. The number of ether oxygens (including phenoxy) is 1. The normalized spacial score (nSPS) is 15.5. The molecule has 2 rings (SSSR count). The molecule has 0 radical (unpaired) electrons. The number of carbonyl (C=O) groups is 2. The van der Waals surface area contributed by atoms with Gasteiger partial charge in [-0.1, -0.05) is 0 Å². The second-order valence-corrected chi connectivity index (χ2v) is 3.54. The third kappa shape index (κ3) is 2.74. The summed E-state index contributed by atoms with van der Waals surface area (Å²) >= 11 is 0. The van der Waals surface area contributed by atoms with Gasteiger partial charge in [-0.15, -0.1) is 12.4 Å². The molecule has 92 valence electrons. The number of aromatic nitrogens is 1. The Bertz CT molecular complexity index is 403. The van der Waals surface area contributed by atoms with E-state index in [9.17, 15) is 9.59 Å². The molecular weight excluding hydrogens is 244 g/mol. The van der Waals surface area contributed by atoms with Crippen LogP contribution in [0, 0.1) is 0 Å². The molecule has 0 spiro atoms. The van der Waals surface area contributed by atoms with Crippen LogP contribution in [0.1, 0.15) is 19.3 Å². The third-order valence-corrected chi connectivity index (χ3v) is 2.47. The number of hydrogen-bond donors (Lipinski definition) is 0. The molecule has 0 aromatic carbocycles. The highest BCUT2D eigenvalue weighted by molar-refractivity contribution is 6.16. The van der Waals surface area contributed by atoms with E-state index >= 15 is 0 Å². The van der Waals surface area contributed by atoms with Gasteiger partial charge in [-0.05, 0) is 12.5 Å². The molecule has 1 saturated heterocycles. The summed E-state index contributed by atoms with van der Waals surface area (Å²) in [5.41, 5.74) is 0.510. The van der Waals surface area contributed by atoms with E-state index in [1.165, 1.54) is 18.2 Å². The summed E-state index contributed by atoms with van der Waals surface area (Å²) in [4.78, 5) is 28.4. The van der Waals surface area contributed by atoms with Crippen LogP contribution >= 0.6 is 12.4 Å². The maximum atomic E-state index is 11.6. The van der Waals surface area contributed by atoms with Crippen molar-refractivity contribution in [1.29, 1.82) is 0 Å². The fourth-order valence-electron chi connectivity index (χ4n) is 1.67. The Morgan fingerprint density at radius 3 is 2.35 bits per heavy atom. The first kappa shape index (κ1) is 13.4. The molecule has 1 aromatic heterocycles. The van der Waals surface area contributed by atoms with Gasteiger partial charge in [0.1, 0.15) is 0 Å². The Morgan fingerprint density at radius 2 is 1.88 bits per heavy atom. The molecule has 0 N–H and O–H groups in total. The summed E-state index contributed by atoms with van der Waals surface area (Å²) < 4.78 is 4.91. The van der Waals surface area contributed by atoms with Gasteiger partial charge in [0.25, 0.3) is 0 Å². The molecule has 1 aliphatic rings. The molecule has 2 heterocycles. The van der Waals surface area contributed by atoms with Crippen molar-refractivity contribution in [3.8, 4) is 5.88 Å². The number of rotatable bonds is 2. The van der Waals surface area contributed by atoms with Crippen molar-refractivity contribution in [2.45, 2.75) is 19.3 Å². The first-order valence-electron chi connectivity index (χ1n) is 5.08. The second-order valence-electron chi connectivity index (χ2n) is 3.54. The Morgan fingerprint density at radius 1 is 1.24 bits per heavy atom. The average molecular weight is 257 g/mol. The van der Waals surface area contributed by atoms with Crippen LogP contribution in [0.2, 0.25) is 0 Å². The van der Waals surface area contributed by atoms with Crippen molar-refractivity contribution < 1.29 is 14.3 Å². The fraction of sp³-hybridized carbons (Fsp3) is 0.364. The van der Waals surface area contributed by atoms with Crippen LogP contribution in [0.3, 0.4) is 0 Å². The summed E-state index contributed by atoms with van der Waals surface area (Å²) in [6, 6.07) is 3.29. The number of imide groups is 1. The van der Waals surface area contributed by atoms with Crippen LogP contribution < -0.4 is 9.64 Å². The van der Waals surface area contributed by atoms with Crippen molar-refractivity contribution in [1.82, 2.24) is 4.98 Å². The zero-order chi connectivity index (χ0) is 11.5. The van der Waals surface area contributed by atoms with Crippen LogP contribution in [0.15, 0.2) is 18.3 Å². The number of carbonyl (C=O) groups excluding carboxylic acids is 2. The Kier molecular flexibility index (Phi) is 4.45. The molecule has 0 unspecified atom stereocenters. The number of piperidine rings is 1. The lowest BCUT2D eigenvalue weighted by atomic mass is 10.1. The zero-order valence-electron chi connectivity index (χ0n) is 9.38. The lowest BCUT2D eigenvalue weighted by Crippen LogP contribution is -2.40. The van der Waals surface area contributed by atoms with E-state index in [0.29, 0.717) is 30.8 Å². The largest absolute Gasteiger partial charge is 0.481 e. The third-order valence-electron chi connectivity index (χ3n) is 2.47. The lowest BCUT2D eigenvalue weighted by molar-refractivity contribution is -0.129. The van der Waals surface area contributed by atoms with E-state index in [2.05, 4.69) is 4.98 Å². The molecule has 0 saturated carbocycles. The highest BCUT2D eigenvalue weighted by Crippen LogP contribution is 2.22. The van der Waals surface area contributed by atoms with Crippen LogP contribution in [0.25, 0.3) is 0 Å². The van der Waals surface area contributed by atoms with Crippen molar-refractivity contribution in [2.24, 2.45) is 0 Å². The monoisotopic (exact) mass is 256 g/mol. The highest BCUT2D eigenvalue weighted by Gasteiger charge is 2.27. The van der Waals surface area contributed by atoms with Crippen LogP contribution in [0.4, 0.5) is 5.69 Å². The summed E-state index contributed by atoms with van der Waals surface area (Å²) in [6.45, 7) is 0. The smallest absolute Gasteiger partial charge is 0.233 e. The van der Waals surface area contributed by atoms with Gasteiger partial charge in [0, 0.05) is 18.9 Å². The van der Waals surface area contributed by atoms with Crippen molar-refractivity contribution in [3.05, 3.63) is 18.3 Å². The average Bonchev–Trinajstić information content (AvgIpc) is 2.30. The van der Waals surface area contributed by atoms with Crippen LogP contribution in [-0.2, 0) is 9.59 Å². The molecular formula is C11H13ClN2O3. The molecule has 2 amide bonds. The maximum Gasteiger partial charge on any atom is 0.233 e. The first-order chi connectivity index (χ1) is 7.72. The van der Waals surface area contributed by atoms with Crippen LogP contribution in [0.5, 0.6) is 5.88 Å². The van der Waals surface area contributed by atoms with E-state index in [-0.39, 0.29) is 24.2 Å². The summed E-state index contributed by atoms with van der Waals surface area (Å²) in [6.07, 6.45) is 2.94. The molecule has 0 bridgehead atoms. The predicted molar refractivity (Wildman–Crippen MR) is 64.4 cm³/mol. The molecule has 1 aromatic rings. The van der Waals surface area contributed by atoms with Crippen molar-refractivity contribution in [3.63, 3.8) is 0 Å². The quantitative estimate of drug-likeness (QED) is 0.754. The topological polar surface area (TPSA) is 59.5 Å².